The Morgan fingerprint density at radius 3 is 2.65 bits per heavy atom. The highest BCUT2D eigenvalue weighted by atomic mass is 19.1. The molecule has 4 heterocycles. The number of benzene rings is 1. The van der Waals surface area contributed by atoms with Crippen LogP contribution in [0.2, 0.25) is 0 Å². The number of ketones is 1. The van der Waals surface area contributed by atoms with Crippen molar-refractivity contribution in [1.29, 1.82) is 0 Å². The molecule has 1 fully saturated rings. The Kier molecular flexibility index (Phi) is 6.92. The van der Waals surface area contributed by atoms with Crippen LogP contribution in [0.4, 0.5) is 4.39 Å². The number of hydrogen-bond donors (Lipinski definition) is 2. The third-order valence-electron chi connectivity index (χ3n) is 6.93. The highest BCUT2D eigenvalue weighted by Crippen LogP contribution is 2.20. The Labute approximate surface area is 225 Å². The van der Waals surface area contributed by atoms with Gasteiger partial charge in [0, 0.05) is 52.0 Å². The number of fused-ring (bicyclic) bond motifs is 2. The number of Topliss-reactive ketones (excluding diaryl/α,β-unsaturated/α-hetero) is 1. The van der Waals surface area contributed by atoms with Crippen LogP contribution in [0, 0.1) is 11.7 Å². The number of aryl methyl sites for hydroxylation is 1. The molecule has 0 bridgehead atoms. The Balaban J connectivity index is 1.29. The minimum atomic E-state index is -0.867. The monoisotopic (exact) mass is 551 g/mol. The first-order chi connectivity index (χ1) is 19.0. The van der Waals surface area contributed by atoms with Gasteiger partial charge < -0.3 is 20.0 Å². The SMILES string of the molecule is CC(=O)N1CC(CC(=O)[C@H](C)NC(=O)c2cc(C(=O)NCc3ccc4oc(=O)n(C)c4c3)nc3c(F)cnn23)C1. The van der Waals surface area contributed by atoms with Crippen molar-refractivity contribution >= 4 is 40.3 Å². The van der Waals surface area contributed by atoms with Gasteiger partial charge in [-0.2, -0.15) is 5.10 Å². The molecule has 3 aromatic heterocycles. The number of likely N-dealkylation sites (tertiary alicyclic amines) is 1. The largest absolute Gasteiger partial charge is 0.419 e. The second-order valence-electron chi connectivity index (χ2n) is 9.82. The maximum Gasteiger partial charge on any atom is 0.419 e. The van der Waals surface area contributed by atoms with Gasteiger partial charge in [-0.25, -0.2) is 18.7 Å². The number of carbonyl (C=O) groups is 4. The lowest BCUT2D eigenvalue weighted by Crippen LogP contribution is -2.51. The molecule has 1 saturated heterocycles. The zero-order chi connectivity index (χ0) is 28.7. The zero-order valence-electron chi connectivity index (χ0n) is 21.9. The summed E-state index contributed by atoms with van der Waals surface area (Å²) in [5.74, 6) is -3.01. The van der Waals surface area contributed by atoms with E-state index in [-0.39, 0.29) is 47.6 Å². The van der Waals surface area contributed by atoms with Gasteiger partial charge in [0.25, 0.3) is 11.8 Å². The Hall–Kier alpha value is -4.88. The van der Waals surface area contributed by atoms with Gasteiger partial charge in [-0.3, -0.25) is 23.7 Å². The van der Waals surface area contributed by atoms with Crippen molar-refractivity contribution in [2.75, 3.05) is 13.1 Å². The van der Waals surface area contributed by atoms with Crippen LogP contribution in [0.1, 0.15) is 46.8 Å². The van der Waals surface area contributed by atoms with Gasteiger partial charge in [0.05, 0.1) is 17.8 Å². The van der Waals surface area contributed by atoms with Crippen molar-refractivity contribution in [2.24, 2.45) is 13.0 Å². The molecule has 1 aromatic carbocycles. The number of rotatable bonds is 8. The minimum absolute atomic E-state index is 0.0259. The Morgan fingerprint density at radius 2 is 1.93 bits per heavy atom. The van der Waals surface area contributed by atoms with E-state index in [1.54, 1.807) is 30.1 Å². The molecule has 5 rings (SSSR count). The van der Waals surface area contributed by atoms with Crippen LogP contribution < -0.4 is 16.4 Å². The first-order valence-corrected chi connectivity index (χ1v) is 12.5. The molecule has 14 heteroatoms. The predicted molar refractivity (Wildman–Crippen MR) is 138 cm³/mol. The smallest absolute Gasteiger partial charge is 0.408 e. The van der Waals surface area contributed by atoms with Crippen LogP contribution in [-0.4, -0.2) is 66.7 Å². The number of hydrogen-bond acceptors (Lipinski definition) is 8. The fourth-order valence-corrected chi connectivity index (χ4v) is 4.54. The third-order valence-corrected chi connectivity index (χ3v) is 6.93. The number of halogens is 1. The van der Waals surface area contributed by atoms with Crippen molar-refractivity contribution in [3.63, 3.8) is 0 Å². The summed E-state index contributed by atoms with van der Waals surface area (Å²) in [6, 6.07) is 5.28. The van der Waals surface area contributed by atoms with Crippen molar-refractivity contribution in [1.82, 2.24) is 34.7 Å². The van der Waals surface area contributed by atoms with Crippen molar-refractivity contribution < 1.29 is 28.0 Å². The molecular formula is C26H26FN7O6. The lowest BCUT2D eigenvalue weighted by atomic mass is 9.92. The number of nitrogens with one attached hydrogen (secondary N) is 2. The van der Waals surface area contributed by atoms with Crippen LogP contribution in [0.3, 0.4) is 0 Å². The van der Waals surface area contributed by atoms with Gasteiger partial charge >= 0.3 is 5.76 Å². The van der Waals surface area contributed by atoms with Crippen molar-refractivity contribution in [2.45, 2.75) is 32.9 Å². The second-order valence-corrected chi connectivity index (χ2v) is 9.82. The average Bonchev–Trinajstić information content (AvgIpc) is 3.41. The average molecular weight is 552 g/mol. The number of nitrogens with zero attached hydrogens (tertiary/aromatic N) is 5. The molecule has 0 spiro atoms. The molecule has 4 aromatic rings. The van der Waals surface area contributed by atoms with Crippen molar-refractivity contribution in [3.8, 4) is 0 Å². The summed E-state index contributed by atoms with van der Waals surface area (Å²) in [6.07, 6.45) is 1.07. The highest BCUT2D eigenvalue weighted by Gasteiger charge is 2.32. The standard InChI is InChI=1S/C26H26FN7O6/c1-13(21(36)7-16-11-33(12-16)14(2)35)30-25(38)20-8-18(31-23-17(27)10-29-34(20)23)24(37)28-9-15-4-5-22-19(6-15)32(3)26(39)40-22/h4-6,8,10,13,16H,7,9,11-12H2,1-3H3,(H,28,37)(H,30,38)/t13-/m0/s1. The van der Waals surface area contributed by atoms with E-state index >= 15 is 0 Å². The topological polar surface area (TPSA) is 161 Å². The fourth-order valence-electron chi connectivity index (χ4n) is 4.54. The van der Waals surface area contributed by atoms with E-state index in [4.69, 9.17) is 4.42 Å². The summed E-state index contributed by atoms with van der Waals surface area (Å²) in [6.45, 7) is 4.03. The molecular weight excluding hydrogens is 525 g/mol. The lowest BCUT2D eigenvalue weighted by Gasteiger charge is -2.38. The van der Waals surface area contributed by atoms with Crippen LogP contribution >= 0.6 is 0 Å². The normalized spacial score (nSPS) is 14.2. The molecule has 40 heavy (non-hydrogen) atoms. The quantitative estimate of drug-likeness (QED) is 0.325. The van der Waals surface area contributed by atoms with E-state index in [0.29, 0.717) is 29.8 Å². The molecule has 13 nitrogen and oxygen atoms in total. The van der Waals surface area contributed by atoms with Crippen LogP contribution in [0.15, 0.2) is 39.7 Å². The molecule has 208 valence electrons. The van der Waals surface area contributed by atoms with Gasteiger partial charge in [-0.05, 0) is 24.6 Å². The Morgan fingerprint density at radius 1 is 1.18 bits per heavy atom. The lowest BCUT2D eigenvalue weighted by molar-refractivity contribution is -0.137. The molecule has 0 unspecified atom stereocenters. The van der Waals surface area contributed by atoms with E-state index in [1.807, 2.05) is 0 Å². The van der Waals surface area contributed by atoms with Crippen LogP contribution in [-0.2, 0) is 23.2 Å². The maximum atomic E-state index is 14.4. The van der Waals surface area contributed by atoms with Gasteiger partial charge in [-0.1, -0.05) is 6.07 Å². The number of oxazole rings is 1. The number of amides is 3. The van der Waals surface area contributed by atoms with E-state index in [0.717, 1.165) is 10.7 Å². The minimum Gasteiger partial charge on any atom is -0.408 e. The van der Waals surface area contributed by atoms with Crippen LogP contribution in [0.25, 0.3) is 16.7 Å². The van der Waals surface area contributed by atoms with Gasteiger partial charge in [0.2, 0.25) is 5.91 Å². The summed E-state index contributed by atoms with van der Waals surface area (Å²) in [5, 5.41) is 9.10. The van der Waals surface area contributed by atoms with Gasteiger partial charge in [-0.15, -0.1) is 0 Å². The number of aromatic nitrogens is 4. The second kappa shape index (κ2) is 10.4. The van der Waals surface area contributed by atoms with E-state index in [2.05, 4.69) is 20.7 Å². The maximum absolute atomic E-state index is 14.4. The van der Waals surface area contributed by atoms with Gasteiger partial charge in [0.15, 0.2) is 22.8 Å². The van der Waals surface area contributed by atoms with E-state index < -0.39 is 29.4 Å². The van der Waals surface area contributed by atoms with E-state index in [1.165, 1.54) is 24.5 Å². The fraction of sp³-hybridized carbons (Fsp3) is 0.346. The summed E-state index contributed by atoms with van der Waals surface area (Å²) in [7, 11) is 1.56. The molecule has 2 N–H and O–H groups in total. The van der Waals surface area contributed by atoms with E-state index in [9.17, 15) is 28.4 Å². The zero-order valence-corrected chi connectivity index (χ0v) is 21.9. The summed E-state index contributed by atoms with van der Waals surface area (Å²) in [4.78, 5) is 67.4. The third kappa shape index (κ3) is 5.07. The molecule has 1 aliphatic rings. The molecule has 3 amide bonds. The summed E-state index contributed by atoms with van der Waals surface area (Å²) < 4.78 is 21.8. The molecule has 0 radical (unpaired) electrons. The first-order valence-electron chi connectivity index (χ1n) is 12.5. The van der Waals surface area contributed by atoms with Gasteiger partial charge in [0.1, 0.15) is 11.4 Å². The summed E-state index contributed by atoms with van der Waals surface area (Å²) in [5.41, 5.74) is 0.877. The molecule has 1 atom stereocenters. The highest BCUT2D eigenvalue weighted by molar-refractivity contribution is 6.00. The summed E-state index contributed by atoms with van der Waals surface area (Å²) >= 11 is 0. The number of carbonyl (C=O) groups excluding carboxylic acids is 4. The predicted octanol–water partition coefficient (Wildman–Crippen LogP) is 0.799. The first kappa shape index (κ1) is 26.7. The van der Waals surface area contributed by atoms with Crippen LogP contribution in [0.5, 0.6) is 0 Å². The molecule has 0 saturated carbocycles. The Bertz CT molecular complexity index is 1730. The molecule has 1 aliphatic heterocycles. The van der Waals surface area contributed by atoms with Crippen molar-refractivity contribution in [3.05, 3.63) is 63.8 Å². The molecule has 0 aliphatic carbocycles.